The monoisotopic (exact) mass is 463 g/mol. The van der Waals surface area contributed by atoms with Gasteiger partial charge in [-0.15, -0.1) is 0 Å². The zero-order valence-corrected chi connectivity index (χ0v) is 17.8. The first-order chi connectivity index (χ1) is 15.7. The van der Waals surface area contributed by atoms with Gasteiger partial charge in [0, 0.05) is 25.3 Å². The summed E-state index contributed by atoms with van der Waals surface area (Å²) in [5.41, 5.74) is 0.357. The molecule has 9 nitrogen and oxygen atoms in total. The molecular weight excluding hydrogens is 439 g/mol. The number of fused-ring (bicyclic) bond motifs is 1. The van der Waals surface area contributed by atoms with Crippen LogP contribution in [0, 0.1) is 5.92 Å². The molecule has 176 valence electrons. The fraction of sp³-hybridized carbons (Fsp3) is 0.524. The molecule has 5 rings (SSSR count). The van der Waals surface area contributed by atoms with Crippen LogP contribution in [-0.4, -0.2) is 66.1 Å². The molecule has 33 heavy (non-hydrogen) atoms. The standard InChI is InChI=1S/C21H24F3N7O2/c1-11-6-14(18(33)17(11)32)31-10-28-16-19(26-9-27-20(16)31)29-13-4-5-30(8-13)15-3-2-12(7-25-15)21(22,23)24/h2-3,7,9-11,13-14,17-18,32-33H,4-6,8H2,1H3,(H,26,27,29)/t11-,13+,14-,17-,18+/m1/s1. The highest BCUT2D eigenvalue weighted by Gasteiger charge is 2.41. The van der Waals surface area contributed by atoms with Crippen LogP contribution in [0.2, 0.25) is 0 Å². The van der Waals surface area contributed by atoms with Crippen molar-refractivity contribution in [3.05, 3.63) is 36.5 Å². The zero-order chi connectivity index (χ0) is 23.3. The Kier molecular flexibility index (Phi) is 5.36. The van der Waals surface area contributed by atoms with E-state index in [0.29, 0.717) is 42.3 Å². The maximum absolute atomic E-state index is 12.8. The molecule has 3 N–H and O–H groups in total. The van der Waals surface area contributed by atoms with Crippen molar-refractivity contribution in [2.45, 2.75) is 50.2 Å². The number of pyridine rings is 1. The van der Waals surface area contributed by atoms with Crippen molar-refractivity contribution in [2.75, 3.05) is 23.3 Å². The number of alkyl halides is 3. The van der Waals surface area contributed by atoms with Crippen LogP contribution in [0.25, 0.3) is 11.2 Å². The minimum atomic E-state index is -4.41. The number of halogens is 3. The Morgan fingerprint density at radius 2 is 1.91 bits per heavy atom. The summed E-state index contributed by atoms with van der Waals surface area (Å²) in [7, 11) is 0. The first-order valence-electron chi connectivity index (χ1n) is 10.8. The second kappa shape index (κ2) is 8.10. The van der Waals surface area contributed by atoms with Crippen LogP contribution < -0.4 is 10.2 Å². The van der Waals surface area contributed by atoms with Crippen molar-refractivity contribution < 1.29 is 23.4 Å². The van der Waals surface area contributed by atoms with E-state index in [4.69, 9.17) is 0 Å². The van der Waals surface area contributed by atoms with Crippen LogP contribution in [0.4, 0.5) is 24.8 Å². The lowest BCUT2D eigenvalue weighted by Crippen LogP contribution is -2.28. The van der Waals surface area contributed by atoms with Crippen LogP contribution in [0.5, 0.6) is 0 Å². The van der Waals surface area contributed by atoms with E-state index in [-0.39, 0.29) is 18.0 Å². The predicted molar refractivity (Wildman–Crippen MR) is 114 cm³/mol. The summed E-state index contributed by atoms with van der Waals surface area (Å²) in [5, 5.41) is 23.9. The van der Waals surface area contributed by atoms with Gasteiger partial charge in [0.2, 0.25) is 0 Å². The number of nitrogens with one attached hydrogen (secondary N) is 1. The molecule has 4 heterocycles. The molecule has 1 saturated carbocycles. The normalized spacial score (nSPS) is 28.1. The number of anilines is 2. The fourth-order valence-electron chi connectivity index (χ4n) is 4.72. The average Bonchev–Trinajstić information content (AvgIpc) is 3.49. The van der Waals surface area contributed by atoms with Gasteiger partial charge in [0.1, 0.15) is 23.8 Å². The predicted octanol–water partition coefficient (Wildman–Crippen LogP) is 2.23. The van der Waals surface area contributed by atoms with Gasteiger partial charge in [-0.3, -0.25) is 0 Å². The third-order valence-electron chi connectivity index (χ3n) is 6.58. The van der Waals surface area contributed by atoms with Crippen LogP contribution in [-0.2, 0) is 6.18 Å². The molecule has 1 aliphatic heterocycles. The summed E-state index contributed by atoms with van der Waals surface area (Å²) in [4.78, 5) is 19.0. The number of rotatable bonds is 4. The second-order valence-corrected chi connectivity index (χ2v) is 8.79. The van der Waals surface area contributed by atoms with E-state index in [1.807, 2.05) is 11.8 Å². The minimum absolute atomic E-state index is 0.00346. The second-order valence-electron chi connectivity index (χ2n) is 8.79. The maximum Gasteiger partial charge on any atom is 0.417 e. The largest absolute Gasteiger partial charge is 0.417 e. The van der Waals surface area contributed by atoms with E-state index in [2.05, 4.69) is 25.3 Å². The van der Waals surface area contributed by atoms with Crippen molar-refractivity contribution in [1.82, 2.24) is 24.5 Å². The van der Waals surface area contributed by atoms with Crippen LogP contribution in [0.3, 0.4) is 0 Å². The molecule has 0 unspecified atom stereocenters. The van der Waals surface area contributed by atoms with E-state index in [1.165, 1.54) is 12.4 Å². The van der Waals surface area contributed by atoms with Crippen molar-refractivity contribution >= 4 is 22.8 Å². The first kappa shape index (κ1) is 21.8. The Morgan fingerprint density at radius 1 is 1.09 bits per heavy atom. The molecule has 0 radical (unpaired) electrons. The van der Waals surface area contributed by atoms with E-state index >= 15 is 0 Å². The van der Waals surface area contributed by atoms with Crippen molar-refractivity contribution in [2.24, 2.45) is 5.92 Å². The Balaban J connectivity index is 1.31. The van der Waals surface area contributed by atoms with E-state index < -0.39 is 23.9 Å². The van der Waals surface area contributed by atoms with Gasteiger partial charge in [0.25, 0.3) is 0 Å². The minimum Gasteiger partial charge on any atom is -0.390 e. The Hall–Kier alpha value is -2.99. The fourth-order valence-corrected chi connectivity index (χ4v) is 4.72. The lowest BCUT2D eigenvalue weighted by atomic mass is 10.1. The van der Waals surface area contributed by atoms with E-state index in [9.17, 15) is 23.4 Å². The smallest absolute Gasteiger partial charge is 0.390 e. The molecule has 3 aromatic heterocycles. The van der Waals surface area contributed by atoms with Gasteiger partial charge < -0.3 is 25.0 Å². The molecule has 1 aliphatic carbocycles. The van der Waals surface area contributed by atoms with Gasteiger partial charge >= 0.3 is 6.18 Å². The Labute approximate surface area is 187 Å². The molecule has 2 fully saturated rings. The summed E-state index contributed by atoms with van der Waals surface area (Å²) >= 11 is 0. The third-order valence-corrected chi connectivity index (χ3v) is 6.58. The van der Waals surface area contributed by atoms with E-state index in [0.717, 1.165) is 18.7 Å². The molecule has 0 amide bonds. The maximum atomic E-state index is 12.8. The highest BCUT2D eigenvalue weighted by atomic mass is 19.4. The Bertz CT molecular complexity index is 1140. The number of nitrogens with zero attached hydrogens (tertiary/aromatic N) is 6. The highest BCUT2D eigenvalue weighted by Crippen LogP contribution is 2.37. The molecule has 12 heteroatoms. The van der Waals surface area contributed by atoms with Crippen LogP contribution in [0.1, 0.15) is 31.4 Å². The Morgan fingerprint density at radius 3 is 2.58 bits per heavy atom. The first-order valence-corrected chi connectivity index (χ1v) is 10.8. The molecular formula is C21H24F3N7O2. The molecule has 5 atom stereocenters. The molecule has 0 aromatic carbocycles. The third kappa shape index (κ3) is 3.97. The van der Waals surface area contributed by atoms with Crippen LogP contribution in [0.15, 0.2) is 31.0 Å². The van der Waals surface area contributed by atoms with Gasteiger partial charge in [-0.05, 0) is 30.9 Å². The van der Waals surface area contributed by atoms with Crippen molar-refractivity contribution in [1.29, 1.82) is 0 Å². The number of aliphatic hydroxyl groups excluding tert-OH is 2. The van der Waals surface area contributed by atoms with Gasteiger partial charge in [0.05, 0.1) is 24.0 Å². The van der Waals surface area contributed by atoms with Gasteiger partial charge in [-0.25, -0.2) is 19.9 Å². The zero-order valence-electron chi connectivity index (χ0n) is 17.8. The van der Waals surface area contributed by atoms with E-state index in [1.54, 1.807) is 10.9 Å². The SMILES string of the molecule is C[C@@H]1C[C@@H](n2cnc3c(N[C@H]4CCN(c5ccc(C(F)(F)F)cn5)C4)ncnc32)[C@H](O)[C@@H]1O. The van der Waals surface area contributed by atoms with Crippen LogP contribution >= 0.6 is 0 Å². The lowest BCUT2D eigenvalue weighted by Gasteiger charge is -2.19. The summed E-state index contributed by atoms with van der Waals surface area (Å²) < 4.78 is 40.1. The molecule has 2 aliphatic rings. The van der Waals surface area contributed by atoms with Crippen molar-refractivity contribution in [3.8, 4) is 0 Å². The summed E-state index contributed by atoms with van der Waals surface area (Å²) in [6.45, 7) is 3.09. The molecule has 1 saturated heterocycles. The quantitative estimate of drug-likeness (QED) is 0.540. The highest BCUT2D eigenvalue weighted by molar-refractivity contribution is 5.83. The topological polar surface area (TPSA) is 112 Å². The van der Waals surface area contributed by atoms with Gasteiger partial charge in [-0.2, -0.15) is 13.2 Å². The average molecular weight is 463 g/mol. The molecule has 3 aromatic rings. The van der Waals surface area contributed by atoms with Crippen molar-refractivity contribution in [3.63, 3.8) is 0 Å². The van der Waals surface area contributed by atoms with Gasteiger partial charge in [0.15, 0.2) is 11.5 Å². The number of hydrogen-bond donors (Lipinski definition) is 3. The molecule has 0 bridgehead atoms. The number of hydrogen-bond acceptors (Lipinski definition) is 8. The number of imidazole rings is 1. The molecule has 0 spiro atoms. The summed E-state index contributed by atoms with van der Waals surface area (Å²) in [5.74, 6) is 1.00. The summed E-state index contributed by atoms with van der Waals surface area (Å²) in [6.07, 6.45) is -0.861. The number of aliphatic hydroxyl groups is 2. The summed E-state index contributed by atoms with van der Waals surface area (Å²) in [6, 6.07) is 2.10. The number of aromatic nitrogens is 5. The lowest BCUT2D eigenvalue weighted by molar-refractivity contribution is -0.137. The van der Waals surface area contributed by atoms with Gasteiger partial charge in [-0.1, -0.05) is 6.92 Å².